The second kappa shape index (κ2) is 9.03. The summed E-state index contributed by atoms with van der Waals surface area (Å²) in [7, 11) is 3.04. The van der Waals surface area contributed by atoms with Crippen LogP contribution in [0.4, 0.5) is 5.13 Å². The number of hydrogen-bond donors (Lipinski definition) is 1. The third-order valence-electron chi connectivity index (χ3n) is 6.02. The number of fused-ring (bicyclic) bond motifs is 1. The normalized spacial score (nSPS) is 15.8. The van der Waals surface area contributed by atoms with Crippen LogP contribution in [-0.4, -0.2) is 41.0 Å². The SMILES string of the molecule is COc1ccc(C2C(C(=O)c3sc(C)nc3C)=C(O)C(=O)N2c2nc3ccc(C)cc3s2)cc1OC. The van der Waals surface area contributed by atoms with E-state index in [1.54, 1.807) is 25.1 Å². The first-order chi connectivity index (χ1) is 17.2. The highest BCUT2D eigenvalue weighted by atomic mass is 32.1. The van der Waals surface area contributed by atoms with Crippen molar-refractivity contribution >= 4 is 49.7 Å². The summed E-state index contributed by atoms with van der Waals surface area (Å²) in [4.78, 5) is 38.1. The van der Waals surface area contributed by atoms with Crippen LogP contribution >= 0.6 is 22.7 Å². The molecule has 0 radical (unpaired) electrons. The van der Waals surface area contributed by atoms with Gasteiger partial charge in [-0.2, -0.15) is 0 Å². The number of aromatic nitrogens is 2. The Morgan fingerprint density at radius 1 is 1.00 bits per heavy atom. The first kappa shape index (κ1) is 24.0. The molecule has 0 fully saturated rings. The average Bonchev–Trinajstić information content (AvgIpc) is 3.50. The molecule has 1 amide bonds. The molecule has 3 heterocycles. The number of methoxy groups -OCH3 is 2. The molecule has 1 atom stereocenters. The number of ether oxygens (including phenoxy) is 2. The topological polar surface area (TPSA) is 102 Å². The summed E-state index contributed by atoms with van der Waals surface area (Å²) in [5.74, 6) is -0.787. The van der Waals surface area contributed by atoms with Crippen LogP contribution in [0, 0.1) is 20.8 Å². The van der Waals surface area contributed by atoms with Crippen molar-refractivity contribution < 1.29 is 24.2 Å². The summed E-state index contributed by atoms with van der Waals surface area (Å²) in [5, 5.41) is 12.2. The van der Waals surface area contributed by atoms with Crippen molar-refractivity contribution in [3.05, 3.63) is 74.4 Å². The Labute approximate surface area is 215 Å². The molecular weight excluding hydrogens is 498 g/mol. The van der Waals surface area contributed by atoms with Crippen molar-refractivity contribution in [3.63, 3.8) is 0 Å². The number of rotatable bonds is 6. The molecule has 0 spiro atoms. The van der Waals surface area contributed by atoms with Gasteiger partial charge in [0.05, 0.1) is 51.6 Å². The highest BCUT2D eigenvalue weighted by molar-refractivity contribution is 7.22. The number of Topliss-reactive ketones (excluding diaryl/α,β-unsaturated/α-hetero) is 1. The Bertz CT molecular complexity index is 1570. The average molecular weight is 522 g/mol. The van der Waals surface area contributed by atoms with Crippen LogP contribution in [0.1, 0.15) is 37.5 Å². The van der Waals surface area contributed by atoms with E-state index in [1.165, 1.54) is 41.8 Å². The molecule has 0 saturated carbocycles. The lowest BCUT2D eigenvalue weighted by Gasteiger charge is -2.25. The van der Waals surface area contributed by atoms with E-state index in [0.717, 1.165) is 20.8 Å². The van der Waals surface area contributed by atoms with Gasteiger partial charge in [-0.25, -0.2) is 9.97 Å². The molecule has 1 aliphatic heterocycles. The number of benzene rings is 2. The van der Waals surface area contributed by atoms with Crippen LogP contribution in [0.3, 0.4) is 0 Å². The second-order valence-corrected chi connectivity index (χ2v) is 10.6. The van der Waals surface area contributed by atoms with Crippen LogP contribution in [0.15, 0.2) is 47.7 Å². The molecule has 0 bridgehead atoms. The Kier molecular flexibility index (Phi) is 6.01. The largest absolute Gasteiger partial charge is 0.503 e. The van der Waals surface area contributed by atoms with E-state index in [4.69, 9.17) is 9.47 Å². The molecular formula is C26H23N3O5S2. The smallest absolute Gasteiger partial charge is 0.296 e. The van der Waals surface area contributed by atoms with E-state index in [0.29, 0.717) is 32.8 Å². The lowest BCUT2D eigenvalue weighted by atomic mass is 9.95. The Morgan fingerprint density at radius 2 is 1.75 bits per heavy atom. The van der Waals surface area contributed by atoms with E-state index in [-0.39, 0.29) is 5.57 Å². The number of carbonyl (C=O) groups is 2. The lowest BCUT2D eigenvalue weighted by Crippen LogP contribution is -2.31. The monoisotopic (exact) mass is 521 g/mol. The molecule has 184 valence electrons. The highest BCUT2D eigenvalue weighted by Crippen LogP contribution is 2.46. The summed E-state index contributed by atoms with van der Waals surface area (Å²) in [6.45, 7) is 5.53. The Balaban J connectivity index is 1.71. The zero-order valence-electron chi connectivity index (χ0n) is 20.3. The summed E-state index contributed by atoms with van der Waals surface area (Å²) >= 11 is 2.56. The zero-order chi connectivity index (χ0) is 25.7. The maximum Gasteiger partial charge on any atom is 0.296 e. The van der Waals surface area contributed by atoms with Gasteiger partial charge in [-0.3, -0.25) is 14.5 Å². The van der Waals surface area contributed by atoms with Gasteiger partial charge in [0, 0.05) is 0 Å². The number of thiazole rings is 2. The van der Waals surface area contributed by atoms with Crippen molar-refractivity contribution in [1.29, 1.82) is 0 Å². The van der Waals surface area contributed by atoms with E-state index in [9.17, 15) is 14.7 Å². The van der Waals surface area contributed by atoms with Gasteiger partial charge in [0.1, 0.15) is 0 Å². The Hall–Kier alpha value is -3.76. The molecule has 2 aromatic carbocycles. The number of aliphatic hydroxyl groups excluding tert-OH is 1. The fourth-order valence-electron chi connectivity index (χ4n) is 4.36. The molecule has 36 heavy (non-hydrogen) atoms. The predicted octanol–water partition coefficient (Wildman–Crippen LogP) is 5.48. The number of aryl methyl sites for hydroxylation is 3. The van der Waals surface area contributed by atoms with Gasteiger partial charge in [0.15, 0.2) is 22.4 Å². The zero-order valence-corrected chi connectivity index (χ0v) is 21.9. The van der Waals surface area contributed by atoms with Gasteiger partial charge in [-0.15, -0.1) is 11.3 Å². The van der Waals surface area contributed by atoms with Crippen LogP contribution < -0.4 is 14.4 Å². The van der Waals surface area contributed by atoms with Crippen LogP contribution in [0.5, 0.6) is 11.5 Å². The summed E-state index contributed by atoms with van der Waals surface area (Å²) in [5.41, 5.74) is 2.90. The van der Waals surface area contributed by atoms with Gasteiger partial charge in [0.25, 0.3) is 5.91 Å². The van der Waals surface area contributed by atoms with Crippen molar-refractivity contribution in [3.8, 4) is 11.5 Å². The molecule has 5 rings (SSSR count). The van der Waals surface area contributed by atoms with Gasteiger partial charge in [-0.1, -0.05) is 23.5 Å². The number of nitrogens with zero attached hydrogens (tertiary/aromatic N) is 3. The summed E-state index contributed by atoms with van der Waals surface area (Å²) < 4.78 is 11.8. The lowest BCUT2D eigenvalue weighted by molar-refractivity contribution is -0.117. The quantitative estimate of drug-likeness (QED) is 0.335. The minimum atomic E-state index is -0.923. The number of anilines is 1. The predicted molar refractivity (Wildman–Crippen MR) is 140 cm³/mol. The summed E-state index contributed by atoms with van der Waals surface area (Å²) in [6.07, 6.45) is 0. The third-order valence-corrected chi connectivity index (χ3v) is 8.11. The fourth-order valence-corrected chi connectivity index (χ4v) is 6.32. The number of amides is 1. The Morgan fingerprint density at radius 3 is 2.42 bits per heavy atom. The van der Waals surface area contributed by atoms with Crippen LogP contribution in [0.2, 0.25) is 0 Å². The van der Waals surface area contributed by atoms with Gasteiger partial charge in [0.2, 0.25) is 5.78 Å². The van der Waals surface area contributed by atoms with Gasteiger partial charge >= 0.3 is 0 Å². The number of hydrogen-bond acceptors (Lipinski definition) is 9. The number of aliphatic hydroxyl groups is 1. The third kappa shape index (κ3) is 3.82. The van der Waals surface area contributed by atoms with E-state index in [1.807, 2.05) is 32.0 Å². The minimum Gasteiger partial charge on any atom is -0.503 e. The first-order valence-electron chi connectivity index (χ1n) is 11.1. The van der Waals surface area contributed by atoms with Gasteiger partial charge < -0.3 is 14.6 Å². The summed E-state index contributed by atoms with van der Waals surface area (Å²) in [6, 6.07) is 10.1. The molecule has 10 heteroatoms. The molecule has 1 aliphatic rings. The van der Waals surface area contributed by atoms with Gasteiger partial charge in [-0.05, 0) is 56.2 Å². The molecule has 8 nitrogen and oxygen atoms in total. The van der Waals surface area contributed by atoms with E-state index < -0.39 is 23.5 Å². The molecule has 1 unspecified atom stereocenters. The highest BCUT2D eigenvalue weighted by Gasteiger charge is 2.46. The van der Waals surface area contributed by atoms with E-state index >= 15 is 0 Å². The van der Waals surface area contributed by atoms with E-state index in [2.05, 4.69) is 9.97 Å². The maximum absolute atomic E-state index is 13.8. The standard InChI is InChI=1S/C26H23N3O5S2/c1-12-6-8-16-19(10-12)36-26(28-16)29-21(15-7-9-17(33-4)18(11-15)34-5)20(23(31)25(29)32)22(30)24-13(2)27-14(3)35-24/h6-11,21,31H,1-5H3. The van der Waals surface area contributed by atoms with Crippen molar-refractivity contribution in [1.82, 2.24) is 9.97 Å². The van der Waals surface area contributed by atoms with Crippen molar-refractivity contribution in [2.24, 2.45) is 0 Å². The molecule has 0 saturated heterocycles. The molecule has 2 aromatic heterocycles. The number of carbonyl (C=O) groups excluding carboxylic acids is 2. The second-order valence-electron chi connectivity index (χ2n) is 8.40. The van der Waals surface area contributed by atoms with Crippen LogP contribution in [0.25, 0.3) is 10.2 Å². The van der Waals surface area contributed by atoms with Crippen molar-refractivity contribution in [2.75, 3.05) is 19.1 Å². The van der Waals surface area contributed by atoms with Crippen LogP contribution in [-0.2, 0) is 4.79 Å². The molecule has 0 aliphatic carbocycles. The molecule has 4 aromatic rings. The first-order valence-corrected chi connectivity index (χ1v) is 12.7. The molecule has 1 N–H and O–H groups in total. The number of ketones is 1. The maximum atomic E-state index is 13.8. The van der Waals surface area contributed by atoms with Crippen molar-refractivity contribution in [2.45, 2.75) is 26.8 Å². The minimum absolute atomic E-state index is 0.0191. The fraction of sp³-hybridized carbons (Fsp3) is 0.231.